The lowest BCUT2D eigenvalue weighted by molar-refractivity contribution is 0.0904. The van der Waals surface area contributed by atoms with Gasteiger partial charge in [-0.15, -0.1) is 0 Å². The Morgan fingerprint density at radius 2 is 2.03 bits per heavy atom. The SMILES string of the molecule is CC(C)Cn1cc(-n2cc(-c3cnc(NC4CCOCC4)cc3F)cn2)ccc1=O. The molecule has 30 heavy (non-hydrogen) atoms. The van der Waals surface area contributed by atoms with Crippen LogP contribution < -0.4 is 10.9 Å². The largest absolute Gasteiger partial charge is 0.381 e. The fourth-order valence-corrected chi connectivity index (χ4v) is 3.57. The molecule has 1 N–H and O–H groups in total. The van der Waals surface area contributed by atoms with Crippen LogP contribution in [0.5, 0.6) is 0 Å². The minimum absolute atomic E-state index is 0.0531. The van der Waals surface area contributed by atoms with Crippen LogP contribution in [-0.2, 0) is 11.3 Å². The minimum atomic E-state index is -0.358. The molecule has 3 aromatic heterocycles. The lowest BCUT2D eigenvalue weighted by atomic mass is 10.1. The molecule has 0 radical (unpaired) electrons. The van der Waals surface area contributed by atoms with Gasteiger partial charge in [0.05, 0.1) is 11.9 Å². The molecule has 158 valence electrons. The highest BCUT2D eigenvalue weighted by atomic mass is 19.1. The molecule has 0 saturated carbocycles. The summed E-state index contributed by atoms with van der Waals surface area (Å²) in [6.07, 6.45) is 8.41. The first-order valence-electron chi connectivity index (χ1n) is 10.3. The Labute approximate surface area is 174 Å². The van der Waals surface area contributed by atoms with Crippen molar-refractivity contribution in [2.24, 2.45) is 5.92 Å². The fourth-order valence-electron chi connectivity index (χ4n) is 3.57. The third-order valence-corrected chi connectivity index (χ3v) is 5.11. The van der Waals surface area contributed by atoms with Gasteiger partial charge in [0.1, 0.15) is 11.6 Å². The standard InChI is InChI=1S/C22H26FN5O2/c1-15(2)12-27-14-18(3-4-22(27)29)28-13-16(10-25-28)19-11-24-21(9-20(19)23)26-17-5-7-30-8-6-17/h3-4,9-11,13-15,17H,5-8,12H2,1-2H3,(H,24,26). The molecule has 0 bridgehead atoms. The molecule has 0 atom stereocenters. The summed E-state index contributed by atoms with van der Waals surface area (Å²) in [5.74, 6) is 0.514. The summed E-state index contributed by atoms with van der Waals surface area (Å²) in [4.78, 5) is 16.4. The van der Waals surface area contributed by atoms with Crippen LogP contribution in [0.3, 0.4) is 0 Å². The monoisotopic (exact) mass is 411 g/mol. The molecule has 1 aliphatic heterocycles. The summed E-state index contributed by atoms with van der Waals surface area (Å²) in [7, 11) is 0. The van der Waals surface area contributed by atoms with E-state index in [1.54, 1.807) is 33.9 Å². The average molecular weight is 411 g/mol. The van der Waals surface area contributed by atoms with Crippen LogP contribution >= 0.6 is 0 Å². The summed E-state index contributed by atoms with van der Waals surface area (Å²) in [5.41, 5.74) is 1.70. The Hall–Kier alpha value is -3.00. The highest BCUT2D eigenvalue weighted by molar-refractivity contribution is 5.63. The van der Waals surface area contributed by atoms with E-state index < -0.39 is 0 Å². The molecule has 4 heterocycles. The van der Waals surface area contributed by atoms with Crippen LogP contribution in [-0.4, -0.2) is 38.6 Å². The van der Waals surface area contributed by atoms with Gasteiger partial charge in [0, 0.05) is 67.7 Å². The highest BCUT2D eigenvalue weighted by Crippen LogP contribution is 2.25. The maximum atomic E-state index is 14.8. The second kappa shape index (κ2) is 8.79. The van der Waals surface area contributed by atoms with Gasteiger partial charge in [0.25, 0.3) is 5.56 Å². The molecular weight excluding hydrogens is 385 g/mol. The van der Waals surface area contributed by atoms with Crippen molar-refractivity contribution in [1.82, 2.24) is 19.3 Å². The number of rotatable bonds is 6. The van der Waals surface area contributed by atoms with E-state index in [9.17, 15) is 9.18 Å². The first-order valence-corrected chi connectivity index (χ1v) is 10.3. The number of anilines is 1. The predicted octanol–water partition coefficient (Wildman–Crippen LogP) is 3.48. The first-order chi connectivity index (χ1) is 14.5. The molecule has 0 unspecified atom stereocenters. The molecule has 1 saturated heterocycles. The molecule has 1 fully saturated rings. The van der Waals surface area contributed by atoms with Crippen LogP contribution in [0.1, 0.15) is 26.7 Å². The Kier molecular flexibility index (Phi) is 5.94. The zero-order valence-electron chi connectivity index (χ0n) is 17.2. The van der Waals surface area contributed by atoms with Crippen molar-refractivity contribution in [3.63, 3.8) is 0 Å². The van der Waals surface area contributed by atoms with Gasteiger partial charge in [-0.2, -0.15) is 5.10 Å². The number of hydrogen-bond acceptors (Lipinski definition) is 5. The van der Waals surface area contributed by atoms with E-state index in [1.807, 2.05) is 0 Å². The number of halogens is 1. The van der Waals surface area contributed by atoms with Gasteiger partial charge < -0.3 is 14.6 Å². The van der Waals surface area contributed by atoms with E-state index in [1.165, 1.54) is 18.3 Å². The van der Waals surface area contributed by atoms with Crippen molar-refractivity contribution >= 4 is 5.82 Å². The Balaban J connectivity index is 1.54. The maximum Gasteiger partial charge on any atom is 0.250 e. The van der Waals surface area contributed by atoms with E-state index >= 15 is 0 Å². The number of ether oxygens (including phenoxy) is 1. The number of nitrogens with zero attached hydrogens (tertiary/aromatic N) is 4. The molecule has 0 spiro atoms. The Bertz CT molecular complexity index is 1070. The predicted molar refractivity (Wildman–Crippen MR) is 113 cm³/mol. The quantitative estimate of drug-likeness (QED) is 0.672. The van der Waals surface area contributed by atoms with Crippen LogP contribution in [0.4, 0.5) is 10.2 Å². The zero-order chi connectivity index (χ0) is 21.1. The van der Waals surface area contributed by atoms with E-state index in [0.717, 1.165) is 18.5 Å². The summed E-state index contributed by atoms with van der Waals surface area (Å²) in [5, 5.41) is 7.62. The van der Waals surface area contributed by atoms with Crippen molar-refractivity contribution < 1.29 is 9.13 Å². The van der Waals surface area contributed by atoms with Crippen LogP contribution in [0.15, 0.2) is 47.8 Å². The molecule has 0 aromatic carbocycles. The summed E-state index contributed by atoms with van der Waals surface area (Å²) < 4.78 is 23.4. The van der Waals surface area contributed by atoms with E-state index in [0.29, 0.717) is 42.6 Å². The molecule has 1 aliphatic rings. The van der Waals surface area contributed by atoms with Crippen molar-refractivity contribution in [2.75, 3.05) is 18.5 Å². The maximum absolute atomic E-state index is 14.8. The average Bonchev–Trinajstić information content (AvgIpc) is 3.20. The van der Waals surface area contributed by atoms with Gasteiger partial charge in [-0.3, -0.25) is 4.79 Å². The normalized spacial score (nSPS) is 14.9. The minimum Gasteiger partial charge on any atom is -0.381 e. The lowest BCUT2D eigenvalue weighted by Crippen LogP contribution is -2.28. The summed E-state index contributed by atoms with van der Waals surface area (Å²) in [6.45, 7) is 6.16. The van der Waals surface area contributed by atoms with E-state index in [2.05, 4.69) is 29.2 Å². The fraction of sp³-hybridized carbons (Fsp3) is 0.409. The van der Waals surface area contributed by atoms with Crippen LogP contribution in [0.2, 0.25) is 0 Å². The molecule has 0 aliphatic carbocycles. The summed E-state index contributed by atoms with van der Waals surface area (Å²) in [6, 6.07) is 4.91. The smallest absolute Gasteiger partial charge is 0.250 e. The number of aromatic nitrogens is 4. The highest BCUT2D eigenvalue weighted by Gasteiger charge is 2.16. The van der Waals surface area contributed by atoms with Gasteiger partial charge >= 0.3 is 0 Å². The van der Waals surface area contributed by atoms with Crippen LogP contribution in [0, 0.1) is 11.7 Å². The Morgan fingerprint density at radius 3 is 2.77 bits per heavy atom. The number of pyridine rings is 2. The number of nitrogens with one attached hydrogen (secondary N) is 1. The molecular formula is C22H26FN5O2. The molecule has 4 rings (SSSR count). The van der Waals surface area contributed by atoms with Crippen LogP contribution in [0.25, 0.3) is 16.8 Å². The topological polar surface area (TPSA) is 74.0 Å². The molecule has 8 heteroatoms. The van der Waals surface area contributed by atoms with Gasteiger partial charge in [0.2, 0.25) is 0 Å². The first kappa shape index (κ1) is 20.3. The summed E-state index contributed by atoms with van der Waals surface area (Å²) >= 11 is 0. The molecule has 3 aromatic rings. The third-order valence-electron chi connectivity index (χ3n) is 5.11. The molecule has 0 amide bonds. The van der Waals surface area contributed by atoms with Gasteiger partial charge in [-0.1, -0.05) is 13.8 Å². The zero-order valence-corrected chi connectivity index (χ0v) is 17.2. The van der Waals surface area contributed by atoms with Crippen molar-refractivity contribution in [3.8, 4) is 16.8 Å². The van der Waals surface area contributed by atoms with Gasteiger partial charge in [0.15, 0.2) is 0 Å². The second-order valence-corrected chi connectivity index (χ2v) is 8.03. The van der Waals surface area contributed by atoms with Gasteiger partial charge in [-0.05, 0) is 24.8 Å². The number of hydrogen-bond donors (Lipinski definition) is 1. The Morgan fingerprint density at radius 1 is 1.23 bits per heavy atom. The van der Waals surface area contributed by atoms with Crippen molar-refractivity contribution in [1.29, 1.82) is 0 Å². The van der Waals surface area contributed by atoms with Crippen molar-refractivity contribution in [2.45, 2.75) is 39.3 Å². The van der Waals surface area contributed by atoms with E-state index in [4.69, 9.17) is 4.74 Å². The van der Waals surface area contributed by atoms with Gasteiger partial charge in [-0.25, -0.2) is 14.1 Å². The second-order valence-electron chi connectivity index (χ2n) is 8.03. The van der Waals surface area contributed by atoms with Crippen molar-refractivity contribution in [3.05, 3.63) is 59.2 Å². The van der Waals surface area contributed by atoms with E-state index in [-0.39, 0.29) is 17.4 Å². The third kappa shape index (κ3) is 4.59. The molecule has 7 nitrogen and oxygen atoms in total. The lowest BCUT2D eigenvalue weighted by Gasteiger charge is -2.23.